The van der Waals surface area contributed by atoms with Crippen LogP contribution in [0.15, 0.2) is 48.5 Å². The lowest BCUT2D eigenvalue weighted by atomic mass is 10.0. The number of amides is 1. The maximum atomic E-state index is 12.7. The van der Waals surface area contributed by atoms with Crippen molar-refractivity contribution in [2.75, 3.05) is 31.1 Å². The second kappa shape index (κ2) is 6.05. The molecular formula is C19H20N2O2. The van der Waals surface area contributed by atoms with Gasteiger partial charge in [0.2, 0.25) is 5.91 Å². The molecule has 4 nitrogen and oxygen atoms in total. The number of fused-ring (bicyclic) bond motifs is 1. The summed E-state index contributed by atoms with van der Waals surface area (Å²) in [5, 5.41) is 3.27. The van der Waals surface area contributed by atoms with E-state index in [2.05, 4.69) is 23.5 Å². The van der Waals surface area contributed by atoms with E-state index in [1.807, 2.05) is 35.2 Å². The van der Waals surface area contributed by atoms with Gasteiger partial charge in [-0.1, -0.05) is 36.4 Å². The number of carbonyl (C=O) groups is 1. The summed E-state index contributed by atoms with van der Waals surface area (Å²) in [4.78, 5) is 14.6. The number of anilines is 1. The molecule has 0 bridgehead atoms. The molecule has 1 fully saturated rings. The first-order valence-electron chi connectivity index (χ1n) is 8.17. The van der Waals surface area contributed by atoms with Gasteiger partial charge in [-0.05, 0) is 36.2 Å². The Morgan fingerprint density at radius 2 is 2.00 bits per heavy atom. The Bertz CT molecular complexity index is 709. The van der Waals surface area contributed by atoms with E-state index < -0.39 is 0 Å². The third kappa shape index (κ3) is 2.70. The fraction of sp³-hybridized carbons (Fsp3) is 0.316. The van der Waals surface area contributed by atoms with Crippen LogP contribution in [0.3, 0.4) is 0 Å². The monoisotopic (exact) mass is 308 g/mol. The lowest BCUT2D eigenvalue weighted by Crippen LogP contribution is -2.42. The number of carbonyl (C=O) groups excluding carboxylic acids is 1. The number of nitrogens with one attached hydrogen (secondary N) is 1. The van der Waals surface area contributed by atoms with Gasteiger partial charge in [-0.2, -0.15) is 0 Å². The molecule has 1 unspecified atom stereocenters. The highest BCUT2D eigenvalue weighted by Crippen LogP contribution is 2.36. The summed E-state index contributed by atoms with van der Waals surface area (Å²) in [7, 11) is 0. The third-order valence-corrected chi connectivity index (χ3v) is 4.61. The number of hydrogen-bond acceptors (Lipinski definition) is 3. The fourth-order valence-corrected chi connectivity index (χ4v) is 3.34. The van der Waals surface area contributed by atoms with Crippen LogP contribution in [0.1, 0.15) is 6.42 Å². The lowest BCUT2D eigenvalue weighted by Gasteiger charge is -2.31. The largest absolute Gasteiger partial charge is 0.490 e. The molecule has 2 aliphatic rings. The molecule has 1 N–H and O–H groups in total. The maximum absolute atomic E-state index is 12.7. The van der Waals surface area contributed by atoms with Crippen molar-refractivity contribution in [1.82, 2.24) is 5.32 Å². The van der Waals surface area contributed by atoms with E-state index in [9.17, 15) is 4.79 Å². The van der Waals surface area contributed by atoms with Gasteiger partial charge in [0.15, 0.2) is 0 Å². The number of hydrogen-bond donors (Lipinski definition) is 1. The number of nitrogens with zero attached hydrogens (tertiary/aromatic N) is 1. The summed E-state index contributed by atoms with van der Waals surface area (Å²) < 4.78 is 5.82. The molecule has 118 valence electrons. The third-order valence-electron chi connectivity index (χ3n) is 4.61. The van der Waals surface area contributed by atoms with Crippen LogP contribution in [-0.2, 0) is 4.79 Å². The zero-order chi connectivity index (χ0) is 15.6. The Morgan fingerprint density at radius 3 is 2.78 bits per heavy atom. The summed E-state index contributed by atoms with van der Waals surface area (Å²) in [6, 6.07) is 16.3. The van der Waals surface area contributed by atoms with Crippen molar-refractivity contribution in [3.63, 3.8) is 0 Å². The van der Waals surface area contributed by atoms with E-state index in [1.165, 1.54) is 0 Å². The molecule has 0 aliphatic carbocycles. The molecule has 0 saturated carbocycles. The Kier molecular flexibility index (Phi) is 3.75. The Balaban J connectivity index is 1.65. The summed E-state index contributed by atoms with van der Waals surface area (Å²) >= 11 is 0. The van der Waals surface area contributed by atoms with Crippen LogP contribution in [0.2, 0.25) is 0 Å². The normalized spacial score (nSPS) is 20.0. The summed E-state index contributed by atoms with van der Waals surface area (Å²) in [5.74, 6) is 1.11. The molecular weight excluding hydrogens is 288 g/mol. The molecule has 4 heteroatoms. The smallest absolute Gasteiger partial charge is 0.231 e. The molecule has 1 saturated heterocycles. The van der Waals surface area contributed by atoms with Crippen molar-refractivity contribution >= 4 is 11.6 Å². The predicted molar refractivity (Wildman–Crippen MR) is 90.7 cm³/mol. The van der Waals surface area contributed by atoms with Crippen molar-refractivity contribution in [1.29, 1.82) is 0 Å². The van der Waals surface area contributed by atoms with Gasteiger partial charge >= 0.3 is 0 Å². The van der Waals surface area contributed by atoms with E-state index in [-0.39, 0.29) is 11.8 Å². The van der Waals surface area contributed by atoms with E-state index in [0.29, 0.717) is 13.2 Å². The SMILES string of the molecule is O=C(C1CCNC1)N1CCOc2cc(-c3ccccc3)ccc21. The molecule has 0 aromatic heterocycles. The predicted octanol–water partition coefficient (Wildman–Crippen LogP) is 2.69. The van der Waals surface area contributed by atoms with Crippen molar-refractivity contribution in [3.8, 4) is 16.9 Å². The first-order chi connectivity index (χ1) is 11.3. The van der Waals surface area contributed by atoms with Crippen LogP contribution in [0.25, 0.3) is 11.1 Å². The molecule has 2 aromatic carbocycles. The van der Waals surface area contributed by atoms with Crippen LogP contribution in [0.4, 0.5) is 5.69 Å². The number of rotatable bonds is 2. The first-order valence-corrected chi connectivity index (χ1v) is 8.17. The highest BCUT2D eigenvalue weighted by molar-refractivity contribution is 5.97. The molecule has 23 heavy (non-hydrogen) atoms. The minimum absolute atomic E-state index is 0.0924. The topological polar surface area (TPSA) is 41.6 Å². The zero-order valence-electron chi connectivity index (χ0n) is 13.0. The van der Waals surface area contributed by atoms with Gasteiger partial charge in [0, 0.05) is 6.54 Å². The van der Waals surface area contributed by atoms with Gasteiger partial charge < -0.3 is 15.0 Å². The molecule has 0 spiro atoms. The Morgan fingerprint density at radius 1 is 1.13 bits per heavy atom. The van der Waals surface area contributed by atoms with E-state index in [1.54, 1.807) is 0 Å². The summed E-state index contributed by atoms with van der Waals surface area (Å²) in [6.45, 7) is 2.90. The van der Waals surface area contributed by atoms with Gasteiger partial charge in [-0.25, -0.2) is 0 Å². The van der Waals surface area contributed by atoms with Crippen LogP contribution in [0, 0.1) is 5.92 Å². The van der Waals surface area contributed by atoms with Crippen LogP contribution < -0.4 is 15.0 Å². The van der Waals surface area contributed by atoms with E-state index in [4.69, 9.17) is 4.74 Å². The lowest BCUT2D eigenvalue weighted by molar-refractivity contribution is -0.122. The standard InChI is InChI=1S/C19H20N2O2/c22-19(16-8-9-20-13-16)21-10-11-23-18-12-15(6-7-17(18)21)14-4-2-1-3-5-14/h1-7,12,16,20H,8-11,13H2. The number of benzene rings is 2. The number of ether oxygens (including phenoxy) is 1. The first kappa shape index (κ1) is 14.3. The quantitative estimate of drug-likeness (QED) is 0.927. The molecule has 2 heterocycles. The van der Waals surface area contributed by atoms with Gasteiger partial charge in [-0.3, -0.25) is 4.79 Å². The van der Waals surface area contributed by atoms with Gasteiger partial charge in [-0.15, -0.1) is 0 Å². The van der Waals surface area contributed by atoms with Gasteiger partial charge in [0.05, 0.1) is 18.2 Å². The molecule has 1 atom stereocenters. The van der Waals surface area contributed by atoms with Crippen molar-refractivity contribution in [3.05, 3.63) is 48.5 Å². The van der Waals surface area contributed by atoms with Crippen LogP contribution in [-0.4, -0.2) is 32.1 Å². The average molecular weight is 308 g/mol. The van der Waals surface area contributed by atoms with Crippen LogP contribution in [0.5, 0.6) is 5.75 Å². The van der Waals surface area contributed by atoms with E-state index >= 15 is 0 Å². The average Bonchev–Trinajstić information content (AvgIpc) is 3.15. The van der Waals surface area contributed by atoms with Crippen molar-refractivity contribution in [2.45, 2.75) is 6.42 Å². The minimum Gasteiger partial charge on any atom is -0.490 e. The summed E-state index contributed by atoms with van der Waals surface area (Å²) in [5.41, 5.74) is 3.16. The highest BCUT2D eigenvalue weighted by Gasteiger charge is 2.31. The Hall–Kier alpha value is -2.33. The second-order valence-corrected chi connectivity index (χ2v) is 6.08. The fourth-order valence-electron chi connectivity index (χ4n) is 3.34. The van der Waals surface area contributed by atoms with Crippen molar-refractivity contribution < 1.29 is 9.53 Å². The van der Waals surface area contributed by atoms with Gasteiger partial charge in [0.25, 0.3) is 0 Å². The maximum Gasteiger partial charge on any atom is 0.231 e. The molecule has 2 aromatic rings. The molecule has 2 aliphatic heterocycles. The van der Waals surface area contributed by atoms with Crippen molar-refractivity contribution in [2.24, 2.45) is 5.92 Å². The molecule has 4 rings (SSSR count). The highest BCUT2D eigenvalue weighted by atomic mass is 16.5. The molecule has 0 radical (unpaired) electrons. The summed E-state index contributed by atoms with van der Waals surface area (Å²) in [6.07, 6.45) is 0.924. The minimum atomic E-state index is 0.0924. The van der Waals surface area contributed by atoms with E-state index in [0.717, 1.165) is 42.1 Å². The Labute approximate surface area is 136 Å². The van der Waals surface area contributed by atoms with Crippen LogP contribution >= 0.6 is 0 Å². The second-order valence-electron chi connectivity index (χ2n) is 6.08. The molecule has 1 amide bonds. The zero-order valence-corrected chi connectivity index (χ0v) is 13.0. The van der Waals surface area contributed by atoms with Gasteiger partial charge in [0.1, 0.15) is 12.4 Å².